The van der Waals surface area contributed by atoms with Crippen LogP contribution < -0.4 is 10.1 Å². The number of methoxy groups -OCH3 is 1. The molecule has 1 amide bonds. The zero-order valence-corrected chi connectivity index (χ0v) is 31.0. The number of amides is 1. The Bertz CT molecular complexity index is 2070. The van der Waals surface area contributed by atoms with Gasteiger partial charge in [0.05, 0.1) is 24.3 Å². The summed E-state index contributed by atoms with van der Waals surface area (Å²) in [5.41, 5.74) is 6.38. The third-order valence-corrected chi connectivity index (χ3v) is 10.7. The zero-order valence-electron chi connectivity index (χ0n) is 31.0. The minimum Gasteiger partial charge on any atom is -0.496 e. The molecule has 6 rings (SSSR count). The summed E-state index contributed by atoms with van der Waals surface area (Å²) in [6, 6.07) is 14.3. The number of alkyl halides is 3. The van der Waals surface area contributed by atoms with Crippen LogP contribution in [0.1, 0.15) is 75.7 Å². The smallest absolute Gasteiger partial charge is 0.417 e. The van der Waals surface area contributed by atoms with E-state index in [0.29, 0.717) is 48.4 Å². The normalized spacial score (nSPS) is 16.8. The van der Waals surface area contributed by atoms with Crippen molar-refractivity contribution in [2.24, 2.45) is 13.0 Å². The number of halogens is 3. The van der Waals surface area contributed by atoms with Crippen molar-refractivity contribution in [3.05, 3.63) is 99.1 Å². The molecule has 1 fully saturated rings. The number of ether oxygens (including phenoxy) is 1. The van der Waals surface area contributed by atoms with E-state index in [2.05, 4.69) is 24.1 Å². The Morgan fingerprint density at radius 2 is 1.74 bits per heavy atom. The number of nitrogens with one attached hydrogen (secondary N) is 1. The Hall–Kier alpha value is -4.94. The van der Waals surface area contributed by atoms with Gasteiger partial charge >= 0.3 is 12.1 Å². The van der Waals surface area contributed by atoms with Crippen molar-refractivity contribution in [2.45, 2.75) is 65.8 Å². The van der Waals surface area contributed by atoms with Crippen LogP contribution in [0.15, 0.2) is 48.5 Å². The number of carboxylic acid groups (broad SMARTS) is 1. The second-order valence-corrected chi connectivity index (χ2v) is 14.3. The standard InChI is InChI=1S/C41H46F3N5O4/c1-24(2)49-18-16-36-35(23-49)45-38(47(36)5)39(50)46-34-12-8-11-32(26(34)4)31-10-7-9-27(25(31)3)13-14-28-20-37(53-6)30(19-33(28)41(42,43)44)22-48-17-15-29(21-48)40(51)52/h7-14,19-20,24,29H,15-18,21-23H2,1-6H3,(H,46,50)(H,51,52). The van der Waals surface area contributed by atoms with Gasteiger partial charge in [0.2, 0.25) is 0 Å². The predicted molar refractivity (Wildman–Crippen MR) is 200 cm³/mol. The SMILES string of the molecule is COc1cc(C=Cc2cccc(-c3cccc(NC(=O)c4nc5c(n4C)CCN(C(C)C)C5)c3C)c2C)c(C(F)(F)F)cc1CN1CCC(C(=O)O)C1. The number of carbonyl (C=O) groups is 2. The maximum absolute atomic E-state index is 14.4. The van der Waals surface area contributed by atoms with E-state index in [1.165, 1.54) is 19.3 Å². The van der Waals surface area contributed by atoms with Crippen molar-refractivity contribution in [3.8, 4) is 16.9 Å². The molecule has 0 saturated carbocycles. The van der Waals surface area contributed by atoms with Gasteiger partial charge in [-0.15, -0.1) is 0 Å². The van der Waals surface area contributed by atoms with Crippen molar-refractivity contribution >= 4 is 29.7 Å². The molecule has 2 aliphatic rings. The number of hydrogen-bond donors (Lipinski definition) is 2. The number of hydrogen-bond acceptors (Lipinski definition) is 6. The van der Waals surface area contributed by atoms with Crippen LogP contribution >= 0.6 is 0 Å². The molecular weight excluding hydrogens is 683 g/mol. The van der Waals surface area contributed by atoms with Crippen LogP contribution in [-0.4, -0.2) is 69.1 Å². The van der Waals surface area contributed by atoms with Crippen molar-refractivity contribution < 1.29 is 32.6 Å². The van der Waals surface area contributed by atoms with E-state index in [1.54, 1.807) is 6.08 Å². The van der Waals surface area contributed by atoms with Crippen LogP contribution in [0.4, 0.5) is 18.9 Å². The molecule has 0 spiro atoms. The monoisotopic (exact) mass is 729 g/mol. The van der Waals surface area contributed by atoms with E-state index < -0.39 is 23.6 Å². The maximum Gasteiger partial charge on any atom is 0.417 e. The molecule has 2 N–H and O–H groups in total. The molecule has 1 unspecified atom stereocenters. The van der Waals surface area contributed by atoms with Crippen LogP contribution in [0.3, 0.4) is 0 Å². The predicted octanol–water partition coefficient (Wildman–Crippen LogP) is 7.83. The summed E-state index contributed by atoms with van der Waals surface area (Å²) in [6.07, 6.45) is -0.226. The lowest BCUT2D eigenvalue weighted by Crippen LogP contribution is -2.36. The van der Waals surface area contributed by atoms with Gasteiger partial charge in [0, 0.05) is 62.6 Å². The number of rotatable bonds is 10. The number of fused-ring (bicyclic) bond motifs is 1. The molecule has 4 aromatic rings. The fourth-order valence-corrected chi connectivity index (χ4v) is 7.49. The Kier molecular flexibility index (Phi) is 10.8. The summed E-state index contributed by atoms with van der Waals surface area (Å²) in [7, 11) is 3.30. The molecule has 3 aromatic carbocycles. The van der Waals surface area contributed by atoms with Gasteiger partial charge in [0.25, 0.3) is 5.91 Å². The summed E-state index contributed by atoms with van der Waals surface area (Å²) < 4.78 is 50.7. The number of aliphatic carboxylic acids is 1. The topological polar surface area (TPSA) is 99.9 Å². The lowest BCUT2D eigenvalue weighted by atomic mass is 9.92. The largest absolute Gasteiger partial charge is 0.496 e. The Balaban J connectivity index is 1.26. The van der Waals surface area contributed by atoms with Gasteiger partial charge in [-0.3, -0.25) is 19.4 Å². The second-order valence-electron chi connectivity index (χ2n) is 14.3. The highest BCUT2D eigenvalue weighted by Crippen LogP contribution is 2.39. The molecular formula is C41H46F3N5O4. The number of carboxylic acids is 1. The molecule has 280 valence electrons. The number of carbonyl (C=O) groups excluding carboxylic acids is 1. The first-order valence-electron chi connectivity index (χ1n) is 17.9. The van der Waals surface area contributed by atoms with Crippen LogP contribution in [0, 0.1) is 19.8 Å². The summed E-state index contributed by atoms with van der Waals surface area (Å²) in [4.78, 5) is 33.9. The number of anilines is 1. The molecule has 2 aliphatic heterocycles. The van der Waals surface area contributed by atoms with E-state index in [1.807, 2.05) is 66.8 Å². The molecule has 0 aliphatic carbocycles. The Morgan fingerprint density at radius 1 is 1.04 bits per heavy atom. The van der Waals surface area contributed by atoms with Crippen LogP contribution in [-0.2, 0) is 37.5 Å². The first kappa shape index (κ1) is 37.8. The third-order valence-electron chi connectivity index (χ3n) is 10.7. The quantitative estimate of drug-likeness (QED) is 0.161. The van der Waals surface area contributed by atoms with Gasteiger partial charge < -0.3 is 19.7 Å². The van der Waals surface area contributed by atoms with Crippen molar-refractivity contribution in [3.63, 3.8) is 0 Å². The highest BCUT2D eigenvalue weighted by Gasteiger charge is 2.35. The summed E-state index contributed by atoms with van der Waals surface area (Å²) in [6.45, 7) is 10.7. The van der Waals surface area contributed by atoms with Crippen LogP contribution in [0.25, 0.3) is 23.3 Å². The van der Waals surface area contributed by atoms with Gasteiger partial charge in [-0.2, -0.15) is 13.2 Å². The molecule has 12 heteroatoms. The average Bonchev–Trinajstić information content (AvgIpc) is 3.72. The van der Waals surface area contributed by atoms with Gasteiger partial charge in [0.1, 0.15) is 5.75 Å². The van der Waals surface area contributed by atoms with Crippen molar-refractivity contribution in [1.29, 1.82) is 0 Å². The first-order valence-corrected chi connectivity index (χ1v) is 17.9. The number of benzene rings is 3. The lowest BCUT2D eigenvalue weighted by molar-refractivity contribution is -0.141. The number of nitrogens with zero attached hydrogens (tertiary/aromatic N) is 4. The molecule has 1 saturated heterocycles. The summed E-state index contributed by atoms with van der Waals surface area (Å²) in [5, 5.41) is 12.4. The fraction of sp³-hybridized carbons (Fsp3) is 0.390. The van der Waals surface area contributed by atoms with Gasteiger partial charge in [-0.1, -0.05) is 42.5 Å². The Labute approximate surface area is 308 Å². The molecule has 53 heavy (non-hydrogen) atoms. The van der Waals surface area contributed by atoms with E-state index in [4.69, 9.17) is 9.72 Å². The van der Waals surface area contributed by atoms with Crippen molar-refractivity contribution in [1.82, 2.24) is 19.4 Å². The highest BCUT2D eigenvalue weighted by atomic mass is 19.4. The molecule has 3 heterocycles. The number of aromatic nitrogens is 2. The second kappa shape index (κ2) is 15.2. The van der Waals surface area contributed by atoms with E-state index in [9.17, 15) is 27.9 Å². The average molecular weight is 730 g/mol. The minimum absolute atomic E-state index is 0.0403. The molecule has 0 bridgehead atoms. The third kappa shape index (κ3) is 7.89. The van der Waals surface area contributed by atoms with Crippen LogP contribution in [0.5, 0.6) is 5.75 Å². The van der Waals surface area contributed by atoms with Crippen molar-refractivity contribution in [2.75, 3.05) is 32.1 Å². The van der Waals surface area contributed by atoms with Crippen LogP contribution in [0.2, 0.25) is 0 Å². The Morgan fingerprint density at radius 3 is 2.40 bits per heavy atom. The van der Waals surface area contributed by atoms with E-state index in [-0.39, 0.29) is 24.6 Å². The fourth-order valence-electron chi connectivity index (χ4n) is 7.49. The number of likely N-dealkylation sites (tertiary alicyclic amines) is 1. The minimum atomic E-state index is -4.63. The zero-order chi connectivity index (χ0) is 38.2. The lowest BCUT2D eigenvalue weighted by Gasteiger charge is -2.29. The molecule has 1 atom stereocenters. The molecule has 9 nitrogen and oxygen atoms in total. The maximum atomic E-state index is 14.4. The van der Waals surface area contributed by atoms with Gasteiger partial charge in [-0.05, 0) is 92.2 Å². The van der Waals surface area contributed by atoms with Gasteiger partial charge in [-0.25, -0.2) is 4.98 Å². The van der Waals surface area contributed by atoms with Gasteiger partial charge in [0.15, 0.2) is 5.82 Å². The number of imidazole rings is 1. The highest BCUT2D eigenvalue weighted by molar-refractivity contribution is 6.03. The van der Waals surface area contributed by atoms with E-state index >= 15 is 0 Å². The summed E-state index contributed by atoms with van der Waals surface area (Å²) >= 11 is 0. The molecule has 0 radical (unpaired) electrons. The summed E-state index contributed by atoms with van der Waals surface area (Å²) in [5.74, 6) is -1.07. The molecule has 1 aromatic heterocycles. The first-order chi connectivity index (χ1) is 25.2. The van der Waals surface area contributed by atoms with E-state index in [0.717, 1.165) is 58.2 Å².